The van der Waals surface area contributed by atoms with Crippen LogP contribution >= 0.6 is 0 Å². The smallest absolute Gasteiger partial charge is 0.407 e. The number of aliphatic hydroxyl groups is 1. The summed E-state index contributed by atoms with van der Waals surface area (Å²) < 4.78 is 71.1. The molecule has 202 valence electrons. The minimum absolute atomic E-state index is 0.104. The number of carbonyl (C=O) groups excluding carboxylic acids is 1. The van der Waals surface area contributed by atoms with E-state index in [2.05, 4.69) is 5.32 Å². The van der Waals surface area contributed by atoms with Crippen LogP contribution in [0.2, 0.25) is 0 Å². The summed E-state index contributed by atoms with van der Waals surface area (Å²) in [5.74, 6) is -0.308. The molecule has 1 heterocycles. The highest BCUT2D eigenvalue weighted by atomic mass is 32.2. The van der Waals surface area contributed by atoms with Crippen molar-refractivity contribution in [3.63, 3.8) is 0 Å². The van der Waals surface area contributed by atoms with Gasteiger partial charge in [0.25, 0.3) is 5.69 Å². The van der Waals surface area contributed by atoms with Crippen molar-refractivity contribution in [1.82, 2.24) is 9.62 Å². The lowest BCUT2D eigenvalue weighted by molar-refractivity contribution is -0.384. The molecule has 3 rings (SSSR count). The van der Waals surface area contributed by atoms with Crippen molar-refractivity contribution in [3.8, 4) is 0 Å². The van der Waals surface area contributed by atoms with Gasteiger partial charge < -0.3 is 19.9 Å². The van der Waals surface area contributed by atoms with E-state index >= 15 is 0 Å². The number of rotatable bonds is 12. The van der Waals surface area contributed by atoms with E-state index in [0.717, 1.165) is 9.87 Å². The standard InChI is InChI=1S/C25H33N3O8S/c1-18(2)15-27(37(33,34)22-10-8-20(9-11-22)28(31)32)16-24(29)23(14-19-6-4-3-5-7-19)26-25(30)36-21-12-13-35-17-21/h3-11,18,21,23-24,29H,12-17H2,1-2H3,(H,26,30)/t21-,23-,24+/m0/s1/i8D,9D,10D,11D. The molecule has 1 aliphatic heterocycles. The van der Waals surface area contributed by atoms with Crippen LogP contribution in [0.5, 0.6) is 0 Å². The van der Waals surface area contributed by atoms with E-state index in [4.69, 9.17) is 15.0 Å². The maximum Gasteiger partial charge on any atom is 0.407 e. The van der Waals surface area contributed by atoms with Crippen LogP contribution < -0.4 is 5.32 Å². The summed E-state index contributed by atoms with van der Waals surface area (Å²) in [4.78, 5) is 21.8. The van der Waals surface area contributed by atoms with E-state index in [1.165, 1.54) is 0 Å². The molecular formula is C25H33N3O8S. The Labute approximate surface area is 222 Å². The van der Waals surface area contributed by atoms with Gasteiger partial charge in [-0.1, -0.05) is 44.2 Å². The van der Waals surface area contributed by atoms with Gasteiger partial charge in [0.2, 0.25) is 10.0 Å². The first-order chi connectivity index (χ1) is 19.2. The molecule has 1 saturated heterocycles. The second kappa shape index (κ2) is 13.0. The number of amides is 1. The van der Waals surface area contributed by atoms with E-state index in [1.807, 2.05) is 0 Å². The Hall–Kier alpha value is -3.06. The Morgan fingerprint density at radius 1 is 1.27 bits per heavy atom. The first kappa shape index (κ1) is 23.1. The molecule has 12 heteroatoms. The highest BCUT2D eigenvalue weighted by Gasteiger charge is 2.32. The summed E-state index contributed by atoms with van der Waals surface area (Å²) >= 11 is 0. The molecule has 0 saturated carbocycles. The van der Waals surface area contributed by atoms with E-state index in [-0.39, 0.29) is 25.5 Å². The molecular weight excluding hydrogens is 502 g/mol. The highest BCUT2D eigenvalue weighted by Crippen LogP contribution is 2.22. The van der Waals surface area contributed by atoms with Gasteiger partial charge >= 0.3 is 6.09 Å². The summed E-state index contributed by atoms with van der Waals surface area (Å²) in [5, 5.41) is 25.2. The zero-order chi connectivity index (χ0) is 30.5. The van der Waals surface area contributed by atoms with Crippen LogP contribution in [0.15, 0.2) is 59.4 Å². The van der Waals surface area contributed by atoms with Crippen molar-refractivity contribution in [3.05, 3.63) is 70.2 Å². The molecule has 0 unspecified atom stereocenters. The molecule has 2 aromatic rings. The van der Waals surface area contributed by atoms with Crippen LogP contribution in [0, 0.1) is 16.0 Å². The molecule has 11 nitrogen and oxygen atoms in total. The maximum absolute atomic E-state index is 13.8. The molecule has 0 aliphatic carbocycles. The third-order valence-electron chi connectivity index (χ3n) is 5.56. The molecule has 2 N–H and O–H groups in total. The molecule has 1 fully saturated rings. The van der Waals surface area contributed by atoms with Gasteiger partial charge in [-0.3, -0.25) is 10.1 Å². The lowest BCUT2D eigenvalue weighted by Crippen LogP contribution is -2.51. The van der Waals surface area contributed by atoms with Crippen molar-refractivity contribution in [2.45, 2.75) is 49.8 Å². The Balaban J connectivity index is 1.96. The normalized spacial score (nSPS) is 19.0. The molecule has 0 bridgehead atoms. The monoisotopic (exact) mass is 539 g/mol. The molecule has 3 atom stereocenters. The first-order valence-corrected chi connectivity index (χ1v) is 13.2. The van der Waals surface area contributed by atoms with Crippen LogP contribution in [0.25, 0.3) is 0 Å². The van der Waals surface area contributed by atoms with Crippen LogP contribution in [-0.2, 0) is 25.9 Å². The van der Waals surface area contributed by atoms with E-state index in [1.54, 1.807) is 44.2 Å². The average molecular weight is 540 g/mol. The van der Waals surface area contributed by atoms with Crippen molar-refractivity contribution >= 4 is 21.8 Å². The fraction of sp³-hybridized carbons (Fsp3) is 0.480. The third kappa shape index (κ3) is 8.22. The van der Waals surface area contributed by atoms with Gasteiger partial charge in [0.15, 0.2) is 0 Å². The van der Waals surface area contributed by atoms with Gasteiger partial charge in [-0.15, -0.1) is 0 Å². The van der Waals surface area contributed by atoms with Crippen LogP contribution in [0.1, 0.15) is 31.3 Å². The van der Waals surface area contributed by atoms with Crippen molar-refractivity contribution in [2.24, 2.45) is 5.92 Å². The molecule has 0 aromatic heterocycles. The SMILES string of the molecule is [2H]c1c([2H])c(S(=O)(=O)N(CC(C)C)C[C@@H](O)[C@H](Cc2ccccc2)NC(=O)O[C@H]2CCOC2)c([2H])c([2H])c1[N+](=O)[O-]. The number of nitro groups is 1. The Bertz CT molecular complexity index is 1330. The zero-order valence-corrected chi connectivity index (χ0v) is 21.4. The van der Waals surface area contributed by atoms with Crippen LogP contribution in [0.3, 0.4) is 0 Å². The number of hydrogen-bond acceptors (Lipinski definition) is 8. The number of nitrogens with zero attached hydrogens (tertiary/aromatic N) is 2. The largest absolute Gasteiger partial charge is 0.444 e. The Morgan fingerprint density at radius 2 is 1.95 bits per heavy atom. The van der Waals surface area contributed by atoms with E-state index in [0.29, 0.717) is 13.0 Å². The summed E-state index contributed by atoms with van der Waals surface area (Å²) in [5.41, 5.74) is -0.415. The molecule has 37 heavy (non-hydrogen) atoms. The molecule has 1 amide bonds. The van der Waals surface area contributed by atoms with Gasteiger partial charge in [0.05, 0.1) is 40.7 Å². The fourth-order valence-electron chi connectivity index (χ4n) is 3.75. The molecule has 0 radical (unpaired) electrons. The predicted octanol–water partition coefficient (Wildman–Crippen LogP) is 2.73. The number of nitrogens with one attached hydrogen (secondary N) is 1. The number of hydrogen-bond donors (Lipinski definition) is 2. The number of aliphatic hydroxyl groups excluding tert-OH is 1. The number of alkyl carbamates (subject to hydrolysis) is 1. The zero-order valence-electron chi connectivity index (χ0n) is 24.5. The van der Waals surface area contributed by atoms with Crippen molar-refractivity contribution < 1.29 is 38.2 Å². The average Bonchev–Trinajstić information content (AvgIpc) is 3.40. The van der Waals surface area contributed by atoms with E-state index < -0.39 is 80.6 Å². The number of ether oxygens (including phenoxy) is 2. The minimum Gasteiger partial charge on any atom is -0.444 e. The molecule has 1 aliphatic rings. The van der Waals surface area contributed by atoms with Crippen LogP contribution in [-0.4, -0.2) is 73.4 Å². The molecule has 0 spiro atoms. The van der Waals surface area contributed by atoms with Gasteiger partial charge in [0, 0.05) is 31.6 Å². The van der Waals surface area contributed by atoms with Gasteiger partial charge in [-0.25, -0.2) is 13.2 Å². The quantitative estimate of drug-likeness (QED) is 0.309. The number of benzene rings is 2. The Kier molecular flexibility index (Phi) is 8.08. The summed E-state index contributed by atoms with van der Waals surface area (Å²) in [7, 11) is -4.82. The highest BCUT2D eigenvalue weighted by molar-refractivity contribution is 7.89. The molecule has 2 aromatic carbocycles. The van der Waals surface area contributed by atoms with E-state index in [9.17, 15) is 28.4 Å². The Morgan fingerprint density at radius 3 is 2.51 bits per heavy atom. The fourth-order valence-corrected chi connectivity index (χ4v) is 5.21. The number of sulfonamides is 1. The number of nitro benzene ring substituents is 1. The lowest BCUT2D eigenvalue weighted by Gasteiger charge is -2.30. The van der Waals surface area contributed by atoms with Gasteiger partial charge in [0.1, 0.15) is 6.10 Å². The second-order valence-electron chi connectivity index (χ2n) is 9.05. The third-order valence-corrected chi connectivity index (χ3v) is 7.25. The van der Waals surface area contributed by atoms with Gasteiger partial charge in [-0.2, -0.15) is 4.31 Å². The second-order valence-corrected chi connectivity index (χ2v) is 10.9. The maximum atomic E-state index is 13.8. The predicted molar refractivity (Wildman–Crippen MR) is 135 cm³/mol. The summed E-state index contributed by atoms with van der Waals surface area (Å²) in [6, 6.07) is 3.41. The summed E-state index contributed by atoms with van der Waals surface area (Å²) in [6.07, 6.45) is -2.19. The lowest BCUT2D eigenvalue weighted by atomic mass is 10.0. The summed E-state index contributed by atoms with van der Waals surface area (Å²) in [6.45, 7) is 3.27. The topological polar surface area (TPSA) is 148 Å². The van der Waals surface area contributed by atoms with Crippen molar-refractivity contribution in [2.75, 3.05) is 26.3 Å². The number of carbonyl (C=O) groups is 1. The first-order valence-electron chi connectivity index (χ1n) is 13.8. The van der Waals surface area contributed by atoms with Crippen molar-refractivity contribution in [1.29, 1.82) is 0 Å². The minimum atomic E-state index is -4.82. The van der Waals surface area contributed by atoms with Crippen LogP contribution in [0.4, 0.5) is 10.5 Å². The van der Waals surface area contributed by atoms with Gasteiger partial charge in [-0.05, 0) is 30.0 Å².